The van der Waals surface area contributed by atoms with E-state index in [1.807, 2.05) is 19.9 Å². The maximum atomic E-state index is 10.9. The average molecular weight is 271 g/mol. The second-order valence-electron chi connectivity index (χ2n) is 4.49. The van der Waals surface area contributed by atoms with Gasteiger partial charge in [-0.15, -0.1) is 0 Å². The van der Waals surface area contributed by atoms with Gasteiger partial charge < -0.3 is 9.47 Å². The molecule has 1 aromatic heterocycles. The molecule has 0 N–H and O–H groups in total. The molecule has 0 fully saturated rings. The molecule has 0 amide bonds. The van der Waals surface area contributed by atoms with Crippen LogP contribution in [0.25, 0.3) is 0 Å². The molecule has 104 valence electrons. The molecule has 0 atom stereocenters. The van der Waals surface area contributed by atoms with Gasteiger partial charge in [-0.1, -0.05) is 12.1 Å². The lowest BCUT2D eigenvalue weighted by Gasteiger charge is -2.13. The lowest BCUT2D eigenvalue weighted by atomic mass is 10.1. The number of methoxy groups -OCH3 is 1. The van der Waals surface area contributed by atoms with E-state index in [-0.39, 0.29) is 0 Å². The van der Waals surface area contributed by atoms with Gasteiger partial charge in [0, 0.05) is 17.3 Å². The Morgan fingerprint density at radius 1 is 1.25 bits per heavy atom. The molecule has 1 heterocycles. The largest absolute Gasteiger partial charge is 0.496 e. The van der Waals surface area contributed by atoms with Crippen molar-refractivity contribution in [2.24, 2.45) is 0 Å². The molecule has 0 radical (unpaired) electrons. The molecule has 1 aromatic carbocycles. The van der Waals surface area contributed by atoms with Crippen LogP contribution in [0.5, 0.6) is 11.5 Å². The first-order valence-electron chi connectivity index (χ1n) is 6.33. The number of aromatic nitrogens is 1. The maximum absolute atomic E-state index is 10.9. The van der Waals surface area contributed by atoms with Gasteiger partial charge in [-0.05, 0) is 26.0 Å². The molecule has 0 bridgehead atoms. The van der Waals surface area contributed by atoms with E-state index in [9.17, 15) is 4.79 Å². The Kier molecular flexibility index (Phi) is 4.35. The van der Waals surface area contributed by atoms with E-state index in [1.54, 1.807) is 31.5 Å². The number of hydrogen-bond acceptors (Lipinski definition) is 4. The van der Waals surface area contributed by atoms with Crippen LogP contribution in [0.15, 0.2) is 30.5 Å². The summed E-state index contributed by atoms with van der Waals surface area (Å²) in [5.74, 6) is 1.38. The highest BCUT2D eigenvalue weighted by Gasteiger charge is 2.10. The van der Waals surface area contributed by atoms with Gasteiger partial charge in [-0.25, -0.2) is 0 Å². The van der Waals surface area contributed by atoms with Gasteiger partial charge in [0.25, 0.3) is 0 Å². The zero-order valence-electron chi connectivity index (χ0n) is 11.8. The summed E-state index contributed by atoms with van der Waals surface area (Å²) < 4.78 is 11.0. The lowest BCUT2D eigenvalue weighted by Crippen LogP contribution is -2.05. The van der Waals surface area contributed by atoms with Gasteiger partial charge in [-0.3, -0.25) is 9.78 Å². The van der Waals surface area contributed by atoms with E-state index < -0.39 is 0 Å². The predicted octanol–water partition coefficient (Wildman–Crippen LogP) is 3.10. The molecule has 0 aliphatic heterocycles. The third-order valence-electron chi connectivity index (χ3n) is 3.16. The second kappa shape index (κ2) is 6.19. The predicted molar refractivity (Wildman–Crippen MR) is 76.4 cm³/mol. The third kappa shape index (κ3) is 2.79. The standard InChI is InChI=1S/C16H17NO3/c1-11-8-17-14(12(2)16(11)19-3)10-20-15-7-5-4-6-13(15)9-18/h4-9H,10H2,1-3H3. The Bertz CT molecular complexity index is 623. The summed E-state index contributed by atoms with van der Waals surface area (Å²) in [5.41, 5.74) is 3.27. The van der Waals surface area contributed by atoms with E-state index in [0.717, 1.165) is 28.9 Å². The highest BCUT2D eigenvalue weighted by Crippen LogP contribution is 2.25. The molecule has 0 saturated carbocycles. The molecule has 0 aliphatic rings. The number of carbonyl (C=O) groups excluding carboxylic acids is 1. The topological polar surface area (TPSA) is 48.4 Å². The molecule has 0 aliphatic carbocycles. The normalized spacial score (nSPS) is 10.2. The molecule has 20 heavy (non-hydrogen) atoms. The molecule has 0 spiro atoms. The van der Waals surface area contributed by atoms with Gasteiger partial charge in [0.15, 0.2) is 6.29 Å². The van der Waals surface area contributed by atoms with Gasteiger partial charge in [-0.2, -0.15) is 0 Å². The van der Waals surface area contributed by atoms with E-state index in [0.29, 0.717) is 17.9 Å². The molecule has 4 nitrogen and oxygen atoms in total. The SMILES string of the molecule is COc1c(C)cnc(COc2ccccc2C=O)c1C. The van der Waals surface area contributed by atoms with Crippen molar-refractivity contribution in [3.63, 3.8) is 0 Å². The van der Waals surface area contributed by atoms with E-state index in [1.165, 1.54) is 0 Å². The first-order chi connectivity index (χ1) is 9.67. The number of nitrogens with zero attached hydrogens (tertiary/aromatic N) is 1. The summed E-state index contributed by atoms with van der Waals surface area (Å²) in [6.45, 7) is 4.20. The van der Waals surface area contributed by atoms with Crippen LogP contribution in [0.1, 0.15) is 27.2 Å². The smallest absolute Gasteiger partial charge is 0.153 e. The number of rotatable bonds is 5. The Morgan fingerprint density at radius 3 is 2.70 bits per heavy atom. The van der Waals surface area contributed by atoms with Crippen molar-refractivity contribution in [1.82, 2.24) is 4.98 Å². The fourth-order valence-electron chi connectivity index (χ4n) is 2.07. The Balaban J connectivity index is 2.21. The summed E-state index contributed by atoms with van der Waals surface area (Å²) in [6.07, 6.45) is 2.54. The number of carbonyl (C=O) groups is 1. The van der Waals surface area contributed by atoms with Gasteiger partial charge in [0.2, 0.25) is 0 Å². The third-order valence-corrected chi connectivity index (χ3v) is 3.16. The number of hydrogen-bond donors (Lipinski definition) is 0. The van der Waals surface area contributed by atoms with Crippen molar-refractivity contribution >= 4 is 6.29 Å². The summed E-state index contributed by atoms with van der Waals surface area (Å²) in [4.78, 5) is 15.3. The average Bonchev–Trinajstić information content (AvgIpc) is 2.47. The number of ether oxygens (including phenoxy) is 2. The molecule has 2 rings (SSSR count). The minimum Gasteiger partial charge on any atom is -0.496 e. The maximum Gasteiger partial charge on any atom is 0.153 e. The number of aryl methyl sites for hydroxylation is 1. The van der Waals surface area contributed by atoms with Crippen LogP contribution in [-0.4, -0.2) is 18.4 Å². The number of pyridine rings is 1. The number of benzene rings is 1. The minimum absolute atomic E-state index is 0.299. The lowest BCUT2D eigenvalue weighted by molar-refractivity contribution is 0.111. The van der Waals surface area contributed by atoms with Crippen LogP contribution in [0.2, 0.25) is 0 Å². The summed E-state index contributed by atoms with van der Waals surface area (Å²) in [6, 6.07) is 7.12. The zero-order valence-corrected chi connectivity index (χ0v) is 11.8. The summed E-state index contributed by atoms with van der Waals surface area (Å²) >= 11 is 0. The number of para-hydroxylation sites is 1. The fraction of sp³-hybridized carbons (Fsp3) is 0.250. The van der Waals surface area contributed by atoms with Crippen LogP contribution >= 0.6 is 0 Å². The van der Waals surface area contributed by atoms with Gasteiger partial charge in [0.1, 0.15) is 18.1 Å². The van der Waals surface area contributed by atoms with E-state index >= 15 is 0 Å². The molecular weight excluding hydrogens is 254 g/mol. The van der Waals surface area contributed by atoms with Gasteiger partial charge in [0.05, 0.1) is 18.4 Å². The van der Waals surface area contributed by atoms with Crippen LogP contribution < -0.4 is 9.47 Å². The van der Waals surface area contributed by atoms with Crippen LogP contribution in [0.4, 0.5) is 0 Å². The highest BCUT2D eigenvalue weighted by molar-refractivity contribution is 5.79. The molecule has 2 aromatic rings. The zero-order chi connectivity index (χ0) is 14.5. The minimum atomic E-state index is 0.299. The van der Waals surface area contributed by atoms with Crippen LogP contribution in [0, 0.1) is 13.8 Å². The Hall–Kier alpha value is -2.36. The summed E-state index contributed by atoms with van der Waals surface area (Å²) in [5, 5.41) is 0. The highest BCUT2D eigenvalue weighted by atomic mass is 16.5. The fourth-order valence-corrected chi connectivity index (χ4v) is 2.07. The monoisotopic (exact) mass is 271 g/mol. The molecule has 0 saturated heterocycles. The van der Waals surface area contributed by atoms with Crippen molar-refractivity contribution < 1.29 is 14.3 Å². The van der Waals surface area contributed by atoms with Crippen molar-refractivity contribution in [3.05, 3.63) is 52.8 Å². The van der Waals surface area contributed by atoms with Crippen LogP contribution in [0.3, 0.4) is 0 Å². The summed E-state index contributed by atoms with van der Waals surface area (Å²) in [7, 11) is 1.64. The van der Waals surface area contributed by atoms with E-state index in [2.05, 4.69) is 4.98 Å². The van der Waals surface area contributed by atoms with Crippen molar-refractivity contribution in [1.29, 1.82) is 0 Å². The van der Waals surface area contributed by atoms with E-state index in [4.69, 9.17) is 9.47 Å². The Labute approximate surface area is 118 Å². The quantitative estimate of drug-likeness (QED) is 0.784. The molecular formula is C16H17NO3. The molecule has 0 unspecified atom stereocenters. The molecule has 4 heteroatoms. The first kappa shape index (κ1) is 14.1. The van der Waals surface area contributed by atoms with Crippen LogP contribution in [-0.2, 0) is 6.61 Å². The van der Waals surface area contributed by atoms with Crippen molar-refractivity contribution in [2.75, 3.05) is 7.11 Å². The second-order valence-corrected chi connectivity index (χ2v) is 4.49. The number of aldehydes is 1. The van der Waals surface area contributed by atoms with Crippen molar-refractivity contribution in [3.8, 4) is 11.5 Å². The van der Waals surface area contributed by atoms with Crippen molar-refractivity contribution in [2.45, 2.75) is 20.5 Å². The first-order valence-corrected chi connectivity index (χ1v) is 6.33. The Morgan fingerprint density at radius 2 is 2.00 bits per heavy atom. The van der Waals surface area contributed by atoms with Gasteiger partial charge >= 0.3 is 0 Å².